The van der Waals surface area contributed by atoms with Crippen molar-refractivity contribution in [3.8, 4) is 5.75 Å². The Bertz CT molecular complexity index is 972. The number of nitrogens with one attached hydrogen (secondary N) is 3. The molecule has 3 N–H and O–H groups in total. The molecule has 0 aliphatic rings. The largest absolute Gasteiger partial charge is 0.497 e. The predicted molar refractivity (Wildman–Crippen MR) is 101 cm³/mol. The average Bonchev–Trinajstić information content (AvgIpc) is 2.67. The highest BCUT2D eigenvalue weighted by Gasteiger charge is 2.10. The smallest absolute Gasteiger partial charge is 0.318 e. The van der Waals surface area contributed by atoms with E-state index in [2.05, 4.69) is 20.9 Å². The molecule has 7 heteroatoms. The zero-order valence-corrected chi connectivity index (χ0v) is 14.4. The Morgan fingerprint density at radius 3 is 2.46 bits per heavy atom. The minimum atomic E-state index is -0.334. The van der Waals surface area contributed by atoms with Crippen molar-refractivity contribution in [2.75, 3.05) is 24.8 Å². The number of amides is 3. The van der Waals surface area contributed by atoms with Crippen molar-refractivity contribution in [1.29, 1.82) is 0 Å². The van der Waals surface area contributed by atoms with Crippen molar-refractivity contribution < 1.29 is 14.3 Å². The number of urea groups is 1. The minimum Gasteiger partial charge on any atom is -0.497 e. The van der Waals surface area contributed by atoms with Crippen LogP contribution in [0.4, 0.5) is 16.2 Å². The highest BCUT2D eigenvalue weighted by Crippen LogP contribution is 2.20. The van der Waals surface area contributed by atoms with Gasteiger partial charge in [-0.1, -0.05) is 12.1 Å². The molecule has 132 valence electrons. The van der Waals surface area contributed by atoms with Gasteiger partial charge in [0.05, 0.1) is 12.6 Å². The molecule has 7 nitrogen and oxygen atoms in total. The number of carbonyl (C=O) groups is 2. The molecule has 0 bridgehead atoms. The van der Waals surface area contributed by atoms with Crippen molar-refractivity contribution in [2.24, 2.45) is 0 Å². The number of hydrogen-bond donors (Lipinski definition) is 3. The molecule has 3 rings (SSSR count). The summed E-state index contributed by atoms with van der Waals surface area (Å²) in [6.45, 7) is 0. The summed E-state index contributed by atoms with van der Waals surface area (Å²) >= 11 is 0. The summed E-state index contributed by atoms with van der Waals surface area (Å²) in [6.07, 6.45) is 0. The third kappa shape index (κ3) is 3.89. The Morgan fingerprint density at radius 1 is 0.962 bits per heavy atom. The van der Waals surface area contributed by atoms with Crippen LogP contribution in [0.25, 0.3) is 10.9 Å². The third-order valence-corrected chi connectivity index (χ3v) is 3.73. The van der Waals surface area contributed by atoms with Crippen LogP contribution >= 0.6 is 0 Å². The number of carbonyl (C=O) groups excluding carboxylic acids is 2. The number of benzene rings is 2. The fraction of sp³-hybridized carbons (Fsp3) is 0.105. The number of pyridine rings is 1. The van der Waals surface area contributed by atoms with Crippen LogP contribution in [0.1, 0.15) is 10.5 Å². The lowest BCUT2D eigenvalue weighted by molar-refractivity contribution is 0.102. The molecule has 3 amide bonds. The molecular weight excluding hydrogens is 332 g/mol. The van der Waals surface area contributed by atoms with E-state index >= 15 is 0 Å². The standard InChI is InChI=1S/C19H18N4O3/c1-20-19(25)22-14-5-3-4-13(11-14)21-18(24)17-8-6-12-10-15(26-2)7-9-16(12)23-17/h3-11H,1-2H3,(H,21,24)(H2,20,22,25). The van der Waals surface area contributed by atoms with E-state index in [0.717, 1.165) is 11.1 Å². The van der Waals surface area contributed by atoms with Gasteiger partial charge in [0.25, 0.3) is 5.91 Å². The van der Waals surface area contributed by atoms with E-state index in [-0.39, 0.29) is 11.9 Å². The monoisotopic (exact) mass is 350 g/mol. The van der Waals surface area contributed by atoms with Gasteiger partial charge < -0.3 is 20.7 Å². The highest BCUT2D eigenvalue weighted by molar-refractivity contribution is 6.04. The molecular formula is C19H18N4O3. The Hall–Kier alpha value is -3.61. The molecule has 1 heterocycles. The van der Waals surface area contributed by atoms with Crippen molar-refractivity contribution >= 4 is 34.2 Å². The SMILES string of the molecule is CNC(=O)Nc1cccc(NC(=O)c2ccc3cc(OC)ccc3n2)c1. The van der Waals surface area contributed by atoms with Gasteiger partial charge in [0, 0.05) is 23.8 Å². The molecule has 0 aliphatic carbocycles. The van der Waals surface area contributed by atoms with Gasteiger partial charge in [-0.3, -0.25) is 4.79 Å². The van der Waals surface area contributed by atoms with E-state index in [4.69, 9.17) is 4.74 Å². The summed E-state index contributed by atoms with van der Waals surface area (Å²) in [4.78, 5) is 28.2. The van der Waals surface area contributed by atoms with Gasteiger partial charge in [-0.2, -0.15) is 0 Å². The molecule has 3 aromatic rings. The van der Waals surface area contributed by atoms with Crippen molar-refractivity contribution in [3.63, 3.8) is 0 Å². The number of hydrogen-bond acceptors (Lipinski definition) is 4. The maximum Gasteiger partial charge on any atom is 0.318 e. The van der Waals surface area contributed by atoms with Crippen LogP contribution in [0, 0.1) is 0 Å². The summed E-state index contributed by atoms with van der Waals surface area (Å²) in [5.41, 5.74) is 2.13. The van der Waals surface area contributed by atoms with Crippen molar-refractivity contribution in [3.05, 3.63) is 60.3 Å². The Morgan fingerprint density at radius 2 is 1.73 bits per heavy atom. The topological polar surface area (TPSA) is 92.4 Å². The van der Waals surface area contributed by atoms with E-state index in [1.807, 2.05) is 12.1 Å². The summed E-state index contributed by atoms with van der Waals surface area (Å²) < 4.78 is 5.18. The summed E-state index contributed by atoms with van der Waals surface area (Å²) in [7, 11) is 3.13. The van der Waals surface area contributed by atoms with Crippen molar-refractivity contribution in [2.45, 2.75) is 0 Å². The van der Waals surface area contributed by atoms with Crippen LogP contribution in [-0.2, 0) is 0 Å². The van der Waals surface area contributed by atoms with Crippen LogP contribution in [0.3, 0.4) is 0 Å². The summed E-state index contributed by atoms with van der Waals surface area (Å²) in [6, 6.07) is 15.5. The number of anilines is 2. The zero-order chi connectivity index (χ0) is 18.5. The molecule has 0 saturated carbocycles. The van der Waals surface area contributed by atoms with Crippen LogP contribution in [0.5, 0.6) is 5.75 Å². The lowest BCUT2D eigenvalue weighted by atomic mass is 10.2. The van der Waals surface area contributed by atoms with Gasteiger partial charge >= 0.3 is 6.03 Å². The number of methoxy groups -OCH3 is 1. The second kappa shape index (κ2) is 7.52. The molecule has 0 aliphatic heterocycles. The third-order valence-electron chi connectivity index (χ3n) is 3.73. The lowest BCUT2D eigenvalue weighted by Gasteiger charge is -2.09. The average molecular weight is 350 g/mol. The normalized spacial score (nSPS) is 10.2. The van der Waals surface area contributed by atoms with Crippen LogP contribution in [-0.4, -0.2) is 31.1 Å². The van der Waals surface area contributed by atoms with Crippen LogP contribution < -0.4 is 20.7 Å². The van der Waals surface area contributed by atoms with Gasteiger partial charge in [-0.15, -0.1) is 0 Å². The maximum absolute atomic E-state index is 12.5. The number of aromatic nitrogens is 1. The number of fused-ring (bicyclic) bond motifs is 1. The van der Waals surface area contributed by atoms with E-state index in [0.29, 0.717) is 22.6 Å². The molecule has 0 unspecified atom stereocenters. The molecule has 0 fully saturated rings. The first-order valence-electron chi connectivity index (χ1n) is 7.94. The van der Waals surface area contributed by atoms with Crippen LogP contribution in [0.15, 0.2) is 54.6 Å². The van der Waals surface area contributed by atoms with Gasteiger partial charge in [0.1, 0.15) is 11.4 Å². The number of rotatable bonds is 4. The summed E-state index contributed by atoms with van der Waals surface area (Å²) in [5.74, 6) is 0.400. The molecule has 0 radical (unpaired) electrons. The van der Waals surface area contributed by atoms with Gasteiger partial charge in [0.15, 0.2) is 0 Å². The van der Waals surface area contributed by atoms with Crippen LogP contribution in [0.2, 0.25) is 0 Å². The van der Waals surface area contributed by atoms with Gasteiger partial charge in [-0.25, -0.2) is 9.78 Å². The Kier molecular flexibility index (Phi) is 4.98. The Balaban J connectivity index is 1.78. The molecule has 0 saturated heterocycles. The second-order valence-electron chi connectivity index (χ2n) is 5.49. The number of ether oxygens (including phenoxy) is 1. The quantitative estimate of drug-likeness (QED) is 0.673. The van der Waals surface area contributed by atoms with E-state index < -0.39 is 0 Å². The Labute approximate surface area is 150 Å². The molecule has 2 aromatic carbocycles. The molecule has 0 spiro atoms. The summed E-state index contributed by atoms with van der Waals surface area (Å²) in [5, 5.41) is 8.79. The molecule has 0 atom stereocenters. The van der Waals surface area contributed by atoms with Gasteiger partial charge in [0.2, 0.25) is 0 Å². The van der Waals surface area contributed by atoms with E-state index in [1.165, 1.54) is 7.05 Å². The van der Waals surface area contributed by atoms with E-state index in [9.17, 15) is 9.59 Å². The fourth-order valence-corrected chi connectivity index (χ4v) is 2.42. The molecule has 26 heavy (non-hydrogen) atoms. The first kappa shape index (κ1) is 17.2. The highest BCUT2D eigenvalue weighted by atomic mass is 16.5. The zero-order valence-electron chi connectivity index (χ0n) is 14.4. The predicted octanol–water partition coefficient (Wildman–Crippen LogP) is 3.25. The minimum absolute atomic E-state index is 0.298. The fourth-order valence-electron chi connectivity index (χ4n) is 2.42. The first-order chi connectivity index (χ1) is 12.6. The number of nitrogens with zero attached hydrogens (tertiary/aromatic N) is 1. The maximum atomic E-state index is 12.5. The van der Waals surface area contributed by atoms with E-state index in [1.54, 1.807) is 49.6 Å². The lowest BCUT2D eigenvalue weighted by Crippen LogP contribution is -2.24. The van der Waals surface area contributed by atoms with Gasteiger partial charge in [-0.05, 0) is 42.5 Å². The molecule has 1 aromatic heterocycles. The van der Waals surface area contributed by atoms with Crippen molar-refractivity contribution in [1.82, 2.24) is 10.3 Å². The first-order valence-corrected chi connectivity index (χ1v) is 7.94. The second-order valence-corrected chi connectivity index (χ2v) is 5.49.